The van der Waals surface area contributed by atoms with Crippen molar-refractivity contribution in [2.45, 2.75) is 6.61 Å². The minimum atomic E-state index is -0.752. The van der Waals surface area contributed by atoms with Crippen LogP contribution in [-0.2, 0) is 6.61 Å². The van der Waals surface area contributed by atoms with Gasteiger partial charge in [0, 0.05) is 11.6 Å². The Morgan fingerprint density at radius 3 is 2.45 bits per heavy atom. The number of amidine groups is 1. The first kappa shape index (κ1) is 13.8. The molecule has 0 spiro atoms. The summed E-state index contributed by atoms with van der Waals surface area (Å²) < 4.78 is 31.3. The van der Waals surface area contributed by atoms with Gasteiger partial charge in [0.2, 0.25) is 0 Å². The number of hydrogen-bond donors (Lipinski definition) is 2. The summed E-state index contributed by atoms with van der Waals surface area (Å²) in [6.45, 7) is 0.124. The second kappa shape index (κ2) is 6.01. The van der Waals surface area contributed by atoms with Crippen LogP contribution in [-0.4, -0.2) is 11.0 Å². The van der Waals surface area contributed by atoms with Crippen LogP contribution in [0.4, 0.5) is 8.78 Å². The topological polar surface area (TPSA) is 67.8 Å². The monoisotopic (exact) mass is 278 g/mol. The molecule has 0 aliphatic carbocycles. The maximum absolute atomic E-state index is 13.3. The van der Waals surface area contributed by atoms with Crippen molar-refractivity contribution in [3.05, 3.63) is 65.2 Å². The van der Waals surface area contributed by atoms with Crippen LogP contribution in [0, 0.1) is 11.6 Å². The van der Waals surface area contributed by atoms with E-state index in [2.05, 4.69) is 5.16 Å². The third-order valence-electron chi connectivity index (χ3n) is 2.65. The number of benzene rings is 2. The first-order chi connectivity index (χ1) is 9.60. The predicted octanol–water partition coefficient (Wildman–Crippen LogP) is 2.64. The van der Waals surface area contributed by atoms with Gasteiger partial charge in [0.1, 0.15) is 12.4 Å². The Balaban J connectivity index is 2.04. The van der Waals surface area contributed by atoms with Crippen LogP contribution in [0.15, 0.2) is 47.6 Å². The number of nitrogens with two attached hydrogens (primary N) is 1. The number of nitrogens with zero attached hydrogens (tertiary/aromatic N) is 1. The lowest BCUT2D eigenvalue weighted by atomic mass is 10.1. The van der Waals surface area contributed by atoms with Crippen molar-refractivity contribution in [1.82, 2.24) is 0 Å². The summed E-state index contributed by atoms with van der Waals surface area (Å²) in [6.07, 6.45) is 0. The van der Waals surface area contributed by atoms with Gasteiger partial charge in [0.05, 0.1) is 0 Å². The molecule has 0 aliphatic rings. The number of halogens is 2. The molecule has 3 N–H and O–H groups in total. The van der Waals surface area contributed by atoms with Gasteiger partial charge in [-0.15, -0.1) is 0 Å². The Hall–Kier alpha value is -2.63. The summed E-state index contributed by atoms with van der Waals surface area (Å²) in [6, 6.07) is 9.82. The fourth-order valence-electron chi connectivity index (χ4n) is 1.58. The Labute approximate surface area is 114 Å². The number of hydrogen-bond acceptors (Lipinski definition) is 3. The lowest BCUT2D eigenvalue weighted by Crippen LogP contribution is -2.12. The van der Waals surface area contributed by atoms with Crippen LogP contribution in [0.5, 0.6) is 5.75 Å². The molecule has 20 heavy (non-hydrogen) atoms. The third-order valence-corrected chi connectivity index (χ3v) is 2.65. The summed E-state index contributed by atoms with van der Waals surface area (Å²) in [5, 5.41) is 11.4. The normalized spacial score (nSPS) is 11.4. The molecule has 0 bridgehead atoms. The average Bonchev–Trinajstić information content (AvgIpc) is 2.46. The molecular weight excluding hydrogens is 266 g/mol. The highest BCUT2D eigenvalue weighted by Crippen LogP contribution is 2.19. The molecule has 0 atom stereocenters. The molecule has 0 unspecified atom stereocenters. The molecule has 0 heterocycles. The van der Waals surface area contributed by atoms with Crippen molar-refractivity contribution in [3.63, 3.8) is 0 Å². The molecule has 0 aliphatic heterocycles. The van der Waals surface area contributed by atoms with E-state index in [1.807, 2.05) is 0 Å². The van der Waals surface area contributed by atoms with Gasteiger partial charge in [-0.3, -0.25) is 0 Å². The summed E-state index contributed by atoms with van der Waals surface area (Å²) in [5.74, 6) is -1.43. The maximum atomic E-state index is 13.3. The van der Waals surface area contributed by atoms with Crippen LogP contribution < -0.4 is 10.5 Å². The average molecular weight is 278 g/mol. The Bertz CT molecular complexity index is 628. The van der Waals surface area contributed by atoms with Gasteiger partial charge in [0.25, 0.3) is 0 Å². The minimum Gasteiger partial charge on any atom is -0.486 e. The highest BCUT2D eigenvalue weighted by molar-refractivity contribution is 5.96. The van der Waals surface area contributed by atoms with Gasteiger partial charge in [-0.1, -0.05) is 29.4 Å². The van der Waals surface area contributed by atoms with Gasteiger partial charge in [-0.25, -0.2) is 8.78 Å². The lowest BCUT2D eigenvalue weighted by molar-refractivity contribution is 0.289. The number of rotatable bonds is 4. The van der Waals surface area contributed by atoms with Gasteiger partial charge in [-0.05, 0) is 17.7 Å². The fourth-order valence-corrected chi connectivity index (χ4v) is 1.58. The molecule has 0 saturated heterocycles. The highest BCUT2D eigenvalue weighted by Gasteiger charge is 2.05. The van der Waals surface area contributed by atoms with E-state index >= 15 is 0 Å². The highest BCUT2D eigenvalue weighted by atomic mass is 19.1. The Kier molecular flexibility index (Phi) is 4.14. The minimum absolute atomic E-state index is 0.00190. The second-order valence-corrected chi connectivity index (χ2v) is 4.05. The van der Waals surface area contributed by atoms with Gasteiger partial charge < -0.3 is 15.7 Å². The molecule has 2 rings (SSSR count). The quantitative estimate of drug-likeness (QED) is 0.391. The summed E-state index contributed by atoms with van der Waals surface area (Å²) >= 11 is 0. The van der Waals surface area contributed by atoms with E-state index in [9.17, 15) is 8.78 Å². The molecule has 2 aromatic rings. The Morgan fingerprint density at radius 2 is 1.85 bits per heavy atom. The molecule has 104 valence electrons. The van der Waals surface area contributed by atoms with E-state index in [4.69, 9.17) is 15.7 Å². The Morgan fingerprint density at radius 1 is 1.15 bits per heavy atom. The second-order valence-electron chi connectivity index (χ2n) is 4.05. The van der Waals surface area contributed by atoms with E-state index in [-0.39, 0.29) is 18.2 Å². The molecule has 0 saturated carbocycles. The molecule has 0 amide bonds. The zero-order chi connectivity index (χ0) is 14.5. The van der Waals surface area contributed by atoms with Crippen molar-refractivity contribution in [1.29, 1.82) is 0 Å². The van der Waals surface area contributed by atoms with Crippen LogP contribution in [0.2, 0.25) is 0 Å². The van der Waals surface area contributed by atoms with E-state index in [1.54, 1.807) is 24.3 Å². The van der Waals surface area contributed by atoms with Crippen LogP contribution in [0.25, 0.3) is 0 Å². The van der Waals surface area contributed by atoms with Crippen molar-refractivity contribution < 1.29 is 18.7 Å². The lowest BCUT2D eigenvalue weighted by Gasteiger charge is -2.08. The van der Waals surface area contributed by atoms with Gasteiger partial charge in [0.15, 0.2) is 17.4 Å². The van der Waals surface area contributed by atoms with E-state index in [0.29, 0.717) is 5.56 Å². The first-order valence-corrected chi connectivity index (χ1v) is 5.75. The molecule has 6 heteroatoms. The zero-order valence-electron chi connectivity index (χ0n) is 10.4. The van der Waals surface area contributed by atoms with Crippen molar-refractivity contribution >= 4 is 5.84 Å². The van der Waals surface area contributed by atoms with Gasteiger partial charge in [-0.2, -0.15) is 0 Å². The number of ether oxygens (including phenoxy) is 1. The van der Waals surface area contributed by atoms with Crippen LogP contribution in [0.3, 0.4) is 0 Å². The van der Waals surface area contributed by atoms with Crippen molar-refractivity contribution in [2.24, 2.45) is 10.9 Å². The van der Waals surface area contributed by atoms with Gasteiger partial charge >= 0.3 is 0 Å². The van der Waals surface area contributed by atoms with E-state index < -0.39 is 11.6 Å². The molecule has 0 fully saturated rings. The first-order valence-electron chi connectivity index (χ1n) is 5.75. The van der Waals surface area contributed by atoms with E-state index in [1.165, 1.54) is 6.07 Å². The molecule has 0 aromatic heterocycles. The largest absolute Gasteiger partial charge is 0.486 e. The summed E-state index contributed by atoms with van der Waals surface area (Å²) in [7, 11) is 0. The smallest absolute Gasteiger partial charge is 0.170 e. The summed E-state index contributed by atoms with van der Waals surface area (Å²) in [5.41, 5.74) is 6.75. The van der Waals surface area contributed by atoms with Crippen molar-refractivity contribution in [3.8, 4) is 5.75 Å². The maximum Gasteiger partial charge on any atom is 0.170 e. The molecule has 2 aromatic carbocycles. The number of oxime groups is 1. The van der Waals surface area contributed by atoms with Crippen LogP contribution >= 0.6 is 0 Å². The molecule has 4 nitrogen and oxygen atoms in total. The van der Waals surface area contributed by atoms with E-state index in [0.717, 1.165) is 17.7 Å². The van der Waals surface area contributed by atoms with Crippen LogP contribution in [0.1, 0.15) is 11.1 Å². The molecular formula is C14H12F2N2O2. The fraction of sp³-hybridized carbons (Fsp3) is 0.0714. The third kappa shape index (κ3) is 3.23. The SMILES string of the molecule is N/C(=N\O)c1ccc(COc2ccc(F)cc2F)cc1. The zero-order valence-corrected chi connectivity index (χ0v) is 10.4. The predicted molar refractivity (Wildman–Crippen MR) is 69.6 cm³/mol. The standard InChI is InChI=1S/C14H12F2N2O2/c15-11-5-6-13(12(16)7-11)20-8-9-1-3-10(4-2-9)14(17)18-19/h1-7,19H,8H2,(H2,17,18). The summed E-state index contributed by atoms with van der Waals surface area (Å²) in [4.78, 5) is 0. The molecule has 0 radical (unpaired) electrons. The van der Waals surface area contributed by atoms with Crippen molar-refractivity contribution in [2.75, 3.05) is 0 Å².